The number of amides is 2. The molecule has 10 heteroatoms. The second-order valence-electron chi connectivity index (χ2n) is 8.51. The molecule has 0 spiro atoms. The number of aryl methyl sites for hydroxylation is 1. The first-order valence-electron chi connectivity index (χ1n) is 10.7. The molecule has 2 heterocycles. The number of hydrogen-bond donors (Lipinski definition) is 2. The van der Waals surface area contributed by atoms with E-state index in [2.05, 4.69) is 20.2 Å². The van der Waals surface area contributed by atoms with Crippen LogP contribution in [0.4, 0.5) is 4.79 Å². The van der Waals surface area contributed by atoms with Gasteiger partial charge < -0.3 is 14.7 Å². The summed E-state index contributed by atoms with van der Waals surface area (Å²) < 4.78 is 32.5. The number of likely N-dealkylation sites (tertiary alicyclic amines) is 1. The molecule has 1 aliphatic carbocycles. The maximum atomic E-state index is 12.8. The van der Waals surface area contributed by atoms with Crippen LogP contribution in [-0.4, -0.2) is 60.9 Å². The highest BCUT2D eigenvalue weighted by atomic mass is 32.2. The quantitative estimate of drug-likeness (QED) is 0.666. The lowest BCUT2D eigenvalue weighted by molar-refractivity contribution is 0.200. The van der Waals surface area contributed by atoms with Gasteiger partial charge >= 0.3 is 6.03 Å². The summed E-state index contributed by atoms with van der Waals surface area (Å²) in [6.07, 6.45) is 1.93. The van der Waals surface area contributed by atoms with Crippen LogP contribution in [0.2, 0.25) is 0 Å². The van der Waals surface area contributed by atoms with E-state index in [4.69, 9.17) is 4.52 Å². The molecule has 2 fully saturated rings. The van der Waals surface area contributed by atoms with Crippen LogP contribution in [0, 0.1) is 12.8 Å². The van der Waals surface area contributed by atoms with E-state index in [9.17, 15) is 13.2 Å². The van der Waals surface area contributed by atoms with Crippen LogP contribution in [0.25, 0.3) is 0 Å². The third-order valence-corrected chi connectivity index (χ3v) is 7.83. The molecule has 0 unspecified atom stereocenters. The van der Waals surface area contributed by atoms with Gasteiger partial charge in [0, 0.05) is 25.7 Å². The van der Waals surface area contributed by atoms with E-state index in [-0.39, 0.29) is 23.7 Å². The number of hydrogen-bond acceptors (Lipinski definition) is 6. The van der Waals surface area contributed by atoms with Crippen molar-refractivity contribution in [2.75, 3.05) is 25.4 Å². The van der Waals surface area contributed by atoms with E-state index in [1.807, 2.05) is 30.3 Å². The van der Waals surface area contributed by atoms with E-state index in [0.717, 1.165) is 6.42 Å². The van der Waals surface area contributed by atoms with Crippen molar-refractivity contribution in [3.63, 3.8) is 0 Å². The van der Waals surface area contributed by atoms with E-state index < -0.39 is 15.4 Å². The summed E-state index contributed by atoms with van der Waals surface area (Å²) in [5, 5.41) is 6.95. The summed E-state index contributed by atoms with van der Waals surface area (Å²) in [6.45, 7) is 4.89. The molecule has 4 rings (SSSR count). The topological polar surface area (TPSA) is 117 Å². The molecular formula is C21H29N5O4S. The largest absolute Gasteiger partial charge is 0.339 e. The third kappa shape index (κ3) is 4.59. The zero-order valence-corrected chi connectivity index (χ0v) is 18.7. The van der Waals surface area contributed by atoms with Gasteiger partial charge in [0.25, 0.3) is 0 Å². The fourth-order valence-corrected chi connectivity index (χ4v) is 5.71. The number of benzene rings is 1. The van der Waals surface area contributed by atoms with Gasteiger partial charge in [0.15, 0.2) is 5.82 Å². The number of nitrogens with zero attached hydrogens (tertiary/aromatic N) is 3. The summed E-state index contributed by atoms with van der Waals surface area (Å²) >= 11 is 0. The SMILES string of the molecule is CCS(=O)(=O)N[C@@H]1C[C@H]2CN(C(=O)NCCc3ccccc3)C[C@@]2(c2nc(C)no2)C1. The Morgan fingerprint density at radius 2 is 2.10 bits per heavy atom. The maximum absolute atomic E-state index is 12.8. The van der Waals surface area contributed by atoms with Crippen molar-refractivity contribution in [1.29, 1.82) is 0 Å². The van der Waals surface area contributed by atoms with Crippen LogP contribution >= 0.6 is 0 Å². The second kappa shape index (κ2) is 8.58. The van der Waals surface area contributed by atoms with Crippen molar-refractivity contribution in [1.82, 2.24) is 25.1 Å². The lowest BCUT2D eigenvalue weighted by Gasteiger charge is -2.25. The van der Waals surface area contributed by atoms with Crippen molar-refractivity contribution >= 4 is 16.1 Å². The number of nitrogens with one attached hydrogen (secondary N) is 2. The van der Waals surface area contributed by atoms with Gasteiger partial charge in [-0.05, 0) is 44.6 Å². The monoisotopic (exact) mass is 447 g/mol. The first-order chi connectivity index (χ1) is 14.8. The number of urea groups is 1. The number of sulfonamides is 1. The third-order valence-electron chi connectivity index (χ3n) is 6.37. The van der Waals surface area contributed by atoms with Gasteiger partial charge in [0.2, 0.25) is 15.9 Å². The van der Waals surface area contributed by atoms with Crippen molar-refractivity contribution in [3.05, 3.63) is 47.6 Å². The minimum absolute atomic E-state index is 0.0385. The molecule has 31 heavy (non-hydrogen) atoms. The lowest BCUT2D eigenvalue weighted by atomic mass is 9.80. The summed E-state index contributed by atoms with van der Waals surface area (Å²) in [5.41, 5.74) is 0.642. The van der Waals surface area contributed by atoms with Gasteiger partial charge in [-0.1, -0.05) is 35.5 Å². The molecule has 2 aromatic rings. The fraction of sp³-hybridized carbons (Fsp3) is 0.571. The van der Waals surface area contributed by atoms with Crippen LogP contribution in [0.3, 0.4) is 0 Å². The Morgan fingerprint density at radius 1 is 1.32 bits per heavy atom. The molecule has 0 radical (unpaired) electrons. The first kappa shape index (κ1) is 21.8. The molecule has 1 aromatic carbocycles. The zero-order valence-electron chi connectivity index (χ0n) is 17.9. The smallest absolute Gasteiger partial charge is 0.317 e. The molecule has 1 saturated carbocycles. The van der Waals surface area contributed by atoms with E-state index in [1.54, 1.807) is 18.7 Å². The molecule has 2 amide bonds. The van der Waals surface area contributed by atoms with Gasteiger partial charge in [0.1, 0.15) is 0 Å². The molecule has 1 aromatic heterocycles. The number of aromatic nitrogens is 2. The zero-order chi connectivity index (χ0) is 22.1. The molecule has 0 bridgehead atoms. The number of carbonyl (C=O) groups excluding carboxylic acids is 1. The van der Waals surface area contributed by atoms with Crippen LogP contribution < -0.4 is 10.0 Å². The molecule has 9 nitrogen and oxygen atoms in total. The molecule has 168 valence electrons. The van der Waals surface area contributed by atoms with E-state index >= 15 is 0 Å². The Labute approximate surface area is 182 Å². The van der Waals surface area contributed by atoms with Crippen LogP contribution in [-0.2, 0) is 21.9 Å². The summed E-state index contributed by atoms with van der Waals surface area (Å²) in [4.78, 5) is 19.1. The molecular weight excluding hydrogens is 418 g/mol. The highest BCUT2D eigenvalue weighted by molar-refractivity contribution is 7.89. The number of rotatable bonds is 7. The minimum atomic E-state index is -3.32. The van der Waals surface area contributed by atoms with Gasteiger partial charge in [-0.25, -0.2) is 17.9 Å². The van der Waals surface area contributed by atoms with Gasteiger partial charge in [-0.15, -0.1) is 0 Å². The van der Waals surface area contributed by atoms with Crippen molar-refractivity contribution in [2.45, 2.75) is 44.6 Å². The molecule has 2 N–H and O–H groups in total. The predicted octanol–water partition coefficient (Wildman–Crippen LogP) is 1.60. The maximum Gasteiger partial charge on any atom is 0.317 e. The Hall–Kier alpha value is -2.46. The highest BCUT2D eigenvalue weighted by Crippen LogP contribution is 2.50. The average molecular weight is 448 g/mol. The van der Waals surface area contributed by atoms with E-state index in [0.29, 0.717) is 44.2 Å². The standard InChI is InChI=1S/C21H29N5O4S/c1-3-31(28,29)25-18-11-17-13-26(14-21(17,12-18)19-23-15(2)24-30-19)20(27)22-10-9-16-7-5-4-6-8-16/h4-8,17-18,25H,3,9-14H2,1-2H3,(H,22,27)/t17-,18+,21-/m0/s1. The summed E-state index contributed by atoms with van der Waals surface area (Å²) in [7, 11) is -3.32. The second-order valence-corrected chi connectivity index (χ2v) is 10.5. The van der Waals surface area contributed by atoms with Crippen molar-refractivity contribution in [2.24, 2.45) is 5.92 Å². The van der Waals surface area contributed by atoms with Gasteiger partial charge in [-0.3, -0.25) is 0 Å². The predicted molar refractivity (Wildman–Crippen MR) is 115 cm³/mol. The molecule has 1 saturated heterocycles. The van der Waals surface area contributed by atoms with Crippen molar-refractivity contribution in [3.8, 4) is 0 Å². The van der Waals surface area contributed by atoms with Crippen LogP contribution in [0.5, 0.6) is 0 Å². The number of fused-ring (bicyclic) bond motifs is 1. The van der Waals surface area contributed by atoms with Crippen LogP contribution in [0.15, 0.2) is 34.9 Å². The molecule has 2 aliphatic rings. The molecule has 1 aliphatic heterocycles. The summed E-state index contributed by atoms with van der Waals surface area (Å²) in [5.74, 6) is 1.12. The Morgan fingerprint density at radius 3 is 2.77 bits per heavy atom. The fourth-order valence-electron chi connectivity index (χ4n) is 4.85. The lowest BCUT2D eigenvalue weighted by Crippen LogP contribution is -2.43. The van der Waals surface area contributed by atoms with Crippen LogP contribution in [0.1, 0.15) is 37.0 Å². The summed E-state index contributed by atoms with van der Waals surface area (Å²) in [6, 6.07) is 9.69. The average Bonchev–Trinajstić information content (AvgIpc) is 3.41. The minimum Gasteiger partial charge on any atom is -0.339 e. The Kier molecular flexibility index (Phi) is 6.02. The van der Waals surface area contributed by atoms with Gasteiger partial charge in [0.05, 0.1) is 11.2 Å². The van der Waals surface area contributed by atoms with E-state index in [1.165, 1.54) is 5.56 Å². The molecule has 3 atom stereocenters. The Balaban J connectivity index is 1.44. The normalized spacial score (nSPS) is 25.5. The highest BCUT2D eigenvalue weighted by Gasteiger charge is 2.58. The van der Waals surface area contributed by atoms with Crippen molar-refractivity contribution < 1.29 is 17.7 Å². The Bertz CT molecular complexity index is 1030. The van der Waals surface area contributed by atoms with Gasteiger partial charge in [-0.2, -0.15) is 4.98 Å². The first-order valence-corrected chi connectivity index (χ1v) is 12.3. The number of carbonyl (C=O) groups is 1.